The zero-order chi connectivity index (χ0) is 23.2. The zero-order valence-electron chi connectivity index (χ0n) is 18.5. The normalized spacial score (nSPS) is 19.7. The first-order valence-corrected chi connectivity index (χ1v) is 12.0. The summed E-state index contributed by atoms with van der Waals surface area (Å²) >= 11 is 7.34. The van der Waals surface area contributed by atoms with Crippen molar-refractivity contribution in [3.8, 4) is 5.82 Å². The summed E-state index contributed by atoms with van der Waals surface area (Å²) in [4.78, 5) is 7.39. The molecule has 33 heavy (non-hydrogen) atoms. The Hall–Kier alpha value is -1.91. The fourth-order valence-electron chi connectivity index (χ4n) is 4.69. The minimum Gasteiger partial charge on any atom is -0.380 e. The summed E-state index contributed by atoms with van der Waals surface area (Å²) in [6.45, 7) is 4.06. The van der Waals surface area contributed by atoms with E-state index < -0.39 is 18.1 Å². The van der Waals surface area contributed by atoms with E-state index in [2.05, 4.69) is 15.0 Å². The summed E-state index contributed by atoms with van der Waals surface area (Å²) in [6.07, 6.45) is 5.06. The number of pyridine rings is 1. The maximum absolute atomic E-state index is 14.4. The number of nitrogens with zero attached hydrogens (tertiary/aromatic N) is 4. The molecule has 3 aromatic rings. The molecule has 5 rings (SSSR count). The molecular formula is C23H25ClF2N4O2S. The van der Waals surface area contributed by atoms with Crippen LogP contribution in [0.4, 0.5) is 8.78 Å². The maximum Gasteiger partial charge on any atom is 0.297 e. The highest BCUT2D eigenvalue weighted by Gasteiger charge is 2.51. The Balaban J connectivity index is 1.31. The van der Waals surface area contributed by atoms with Gasteiger partial charge in [-0.15, -0.1) is 11.3 Å². The van der Waals surface area contributed by atoms with Crippen LogP contribution in [-0.2, 0) is 34.1 Å². The lowest BCUT2D eigenvalue weighted by molar-refractivity contribution is -0.182. The van der Waals surface area contributed by atoms with Gasteiger partial charge in [-0.05, 0) is 31.9 Å². The van der Waals surface area contributed by atoms with E-state index in [0.717, 1.165) is 42.3 Å². The molecule has 0 atom stereocenters. The van der Waals surface area contributed by atoms with E-state index in [1.165, 1.54) is 17.4 Å². The second kappa shape index (κ2) is 8.70. The summed E-state index contributed by atoms with van der Waals surface area (Å²) in [7, 11) is 1.66. The number of aryl methyl sites for hydroxylation is 1. The number of thiophene rings is 1. The first-order valence-electron chi connectivity index (χ1n) is 10.8. The van der Waals surface area contributed by atoms with Crippen LogP contribution in [0.15, 0.2) is 30.6 Å². The molecule has 0 radical (unpaired) electrons. The standard InChI is InChI=1S/C23H25ClF2N4O2S/c1-15-17(12-30(28-15)21-16(13-31-2)4-3-7-27-21)11-29-8-5-22(6-9-29)20-18(10-19(24)33-20)23(25,26)14-32-22/h3-4,7,10,12H,5-6,8-9,11,13-14H2,1-2H3. The number of hydrogen-bond donors (Lipinski definition) is 0. The molecule has 6 nitrogen and oxygen atoms in total. The van der Waals surface area contributed by atoms with E-state index in [9.17, 15) is 8.78 Å². The van der Waals surface area contributed by atoms with Crippen LogP contribution in [0.5, 0.6) is 0 Å². The minimum absolute atomic E-state index is 0.0385. The fourth-order valence-corrected chi connectivity index (χ4v) is 6.17. The molecule has 0 bridgehead atoms. The van der Waals surface area contributed by atoms with Crippen molar-refractivity contribution in [2.45, 2.75) is 44.4 Å². The Bertz CT molecular complexity index is 1160. The number of aromatic nitrogens is 3. The molecule has 0 aliphatic carbocycles. The predicted molar refractivity (Wildman–Crippen MR) is 122 cm³/mol. The average Bonchev–Trinajstić information content (AvgIpc) is 3.37. The van der Waals surface area contributed by atoms with Gasteiger partial charge < -0.3 is 9.47 Å². The van der Waals surface area contributed by atoms with Crippen LogP contribution in [0.25, 0.3) is 5.82 Å². The first-order chi connectivity index (χ1) is 15.8. The molecule has 176 valence electrons. The number of fused-ring (bicyclic) bond motifs is 2. The van der Waals surface area contributed by atoms with Gasteiger partial charge in [0.05, 0.1) is 16.6 Å². The molecular weight excluding hydrogens is 470 g/mol. The molecule has 0 unspecified atom stereocenters. The third-order valence-electron chi connectivity index (χ3n) is 6.48. The summed E-state index contributed by atoms with van der Waals surface area (Å²) in [5, 5.41) is 4.67. The molecule has 3 aromatic heterocycles. The fraction of sp³-hybridized carbons (Fsp3) is 0.478. The van der Waals surface area contributed by atoms with Crippen molar-refractivity contribution < 1.29 is 18.3 Å². The maximum atomic E-state index is 14.4. The van der Waals surface area contributed by atoms with Gasteiger partial charge in [0, 0.05) is 60.7 Å². The largest absolute Gasteiger partial charge is 0.380 e. The van der Waals surface area contributed by atoms with Crippen LogP contribution in [0, 0.1) is 6.92 Å². The second-order valence-corrected chi connectivity index (χ2v) is 10.3. The SMILES string of the molecule is COCc1cccnc1-n1cc(CN2CCC3(CC2)OCC(F)(F)c2cc(Cl)sc23)c(C)n1. The molecule has 1 spiro atoms. The molecule has 0 aromatic carbocycles. The Morgan fingerprint density at radius 2 is 2.06 bits per heavy atom. The van der Waals surface area contributed by atoms with Crippen molar-refractivity contribution in [1.29, 1.82) is 0 Å². The van der Waals surface area contributed by atoms with E-state index >= 15 is 0 Å². The number of hydrogen-bond acceptors (Lipinski definition) is 6. The van der Waals surface area contributed by atoms with Crippen LogP contribution in [0.2, 0.25) is 4.34 Å². The number of rotatable bonds is 5. The van der Waals surface area contributed by atoms with Gasteiger partial charge >= 0.3 is 0 Å². The van der Waals surface area contributed by atoms with Crippen LogP contribution >= 0.6 is 22.9 Å². The first kappa shape index (κ1) is 22.9. The molecule has 5 heterocycles. The Kier molecular flexibility index (Phi) is 6.03. The molecule has 0 saturated carbocycles. The van der Waals surface area contributed by atoms with Gasteiger partial charge in [-0.25, -0.2) is 9.67 Å². The summed E-state index contributed by atoms with van der Waals surface area (Å²) in [5.41, 5.74) is 2.37. The highest BCUT2D eigenvalue weighted by atomic mass is 35.5. The van der Waals surface area contributed by atoms with Crippen LogP contribution < -0.4 is 0 Å². The highest BCUT2D eigenvalue weighted by molar-refractivity contribution is 7.16. The molecule has 0 N–H and O–H groups in total. The molecule has 1 fully saturated rings. The van der Waals surface area contributed by atoms with Crippen molar-refractivity contribution in [2.24, 2.45) is 0 Å². The lowest BCUT2D eigenvalue weighted by Gasteiger charge is -2.45. The van der Waals surface area contributed by atoms with Crippen molar-refractivity contribution in [1.82, 2.24) is 19.7 Å². The molecule has 2 aliphatic heterocycles. The Morgan fingerprint density at radius 1 is 1.27 bits per heavy atom. The Morgan fingerprint density at radius 3 is 2.82 bits per heavy atom. The molecule has 0 amide bonds. The quantitative estimate of drug-likeness (QED) is 0.497. The van der Waals surface area contributed by atoms with Crippen molar-refractivity contribution in [3.63, 3.8) is 0 Å². The van der Waals surface area contributed by atoms with Gasteiger partial charge in [0.1, 0.15) is 12.2 Å². The van der Waals surface area contributed by atoms with Gasteiger partial charge in [0.25, 0.3) is 5.92 Å². The minimum atomic E-state index is -2.99. The smallest absolute Gasteiger partial charge is 0.297 e. The predicted octanol–water partition coefficient (Wildman–Crippen LogP) is 5.05. The van der Waals surface area contributed by atoms with Gasteiger partial charge in [0.15, 0.2) is 5.82 Å². The van der Waals surface area contributed by atoms with Crippen LogP contribution in [0.1, 0.15) is 40.1 Å². The number of alkyl halides is 2. The topological polar surface area (TPSA) is 52.4 Å². The van der Waals surface area contributed by atoms with E-state index in [-0.39, 0.29) is 5.56 Å². The average molecular weight is 495 g/mol. The summed E-state index contributed by atoms with van der Waals surface area (Å²) in [5.74, 6) is -2.23. The highest BCUT2D eigenvalue weighted by Crippen LogP contribution is 2.52. The van der Waals surface area contributed by atoms with E-state index in [1.807, 2.05) is 25.3 Å². The van der Waals surface area contributed by atoms with Gasteiger partial charge in [0.2, 0.25) is 0 Å². The number of halogens is 3. The lowest BCUT2D eigenvalue weighted by Crippen LogP contribution is -2.48. The third-order valence-corrected chi connectivity index (χ3v) is 7.93. The van der Waals surface area contributed by atoms with Gasteiger partial charge in [-0.3, -0.25) is 4.90 Å². The van der Waals surface area contributed by atoms with Crippen molar-refractivity contribution in [3.05, 3.63) is 62.2 Å². The van der Waals surface area contributed by atoms with Crippen LogP contribution in [0.3, 0.4) is 0 Å². The number of likely N-dealkylation sites (tertiary alicyclic amines) is 1. The second-order valence-electron chi connectivity index (χ2n) is 8.66. The lowest BCUT2D eigenvalue weighted by atomic mass is 9.84. The zero-order valence-corrected chi connectivity index (χ0v) is 20.1. The van der Waals surface area contributed by atoms with Crippen molar-refractivity contribution >= 4 is 22.9 Å². The van der Waals surface area contributed by atoms with Gasteiger partial charge in [-0.1, -0.05) is 17.7 Å². The third kappa shape index (κ3) is 4.21. The van der Waals surface area contributed by atoms with Crippen molar-refractivity contribution in [2.75, 3.05) is 26.8 Å². The molecule has 2 aliphatic rings. The number of piperidine rings is 1. The Labute approximate surface area is 200 Å². The van der Waals surface area contributed by atoms with E-state index in [4.69, 9.17) is 21.1 Å². The van der Waals surface area contributed by atoms with Gasteiger partial charge in [-0.2, -0.15) is 13.9 Å². The monoisotopic (exact) mass is 494 g/mol. The summed E-state index contributed by atoms with van der Waals surface area (Å²) < 4.78 is 42.0. The van der Waals surface area contributed by atoms with Crippen LogP contribution in [-0.4, -0.2) is 46.5 Å². The summed E-state index contributed by atoms with van der Waals surface area (Å²) in [6, 6.07) is 5.27. The van der Waals surface area contributed by atoms with E-state index in [1.54, 1.807) is 18.0 Å². The molecule has 1 saturated heterocycles. The number of ether oxygens (including phenoxy) is 2. The number of methoxy groups -OCH3 is 1. The van der Waals surface area contributed by atoms with E-state index in [0.29, 0.717) is 28.7 Å². The molecule has 10 heteroatoms.